The first-order valence-electron chi connectivity index (χ1n) is 8.61. The molecule has 1 amide bonds. The molecule has 3 rings (SSSR count). The van der Waals surface area contributed by atoms with Crippen LogP contribution in [0.25, 0.3) is 6.08 Å². The molecule has 0 saturated heterocycles. The van der Waals surface area contributed by atoms with Gasteiger partial charge in [0.1, 0.15) is 5.82 Å². The van der Waals surface area contributed by atoms with E-state index in [0.29, 0.717) is 11.3 Å². The van der Waals surface area contributed by atoms with E-state index < -0.39 is 20.9 Å². The average Bonchev–Trinajstić information content (AvgIpc) is 2.73. The smallest absolute Gasteiger partial charge is 0.269 e. The highest BCUT2D eigenvalue weighted by molar-refractivity contribution is 7.92. The first-order chi connectivity index (χ1) is 14.3. The lowest BCUT2D eigenvalue weighted by Gasteiger charge is -2.08. The Morgan fingerprint density at radius 3 is 2.30 bits per heavy atom. The van der Waals surface area contributed by atoms with E-state index in [2.05, 4.69) is 15.0 Å². The van der Waals surface area contributed by atoms with E-state index in [1.807, 2.05) is 0 Å². The van der Waals surface area contributed by atoms with Crippen molar-refractivity contribution in [2.24, 2.45) is 0 Å². The van der Waals surface area contributed by atoms with Crippen molar-refractivity contribution in [2.45, 2.75) is 4.90 Å². The molecule has 0 spiro atoms. The summed E-state index contributed by atoms with van der Waals surface area (Å²) in [5.41, 5.74) is 0.993. The Bertz CT molecular complexity index is 1180. The molecule has 10 heteroatoms. The highest BCUT2D eigenvalue weighted by Gasteiger charge is 2.14. The number of pyridine rings is 1. The van der Waals surface area contributed by atoms with Crippen LogP contribution in [0.2, 0.25) is 0 Å². The molecule has 0 unspecified atom stereocenters. The third-order valence-corrected chi connectivity index (χ3v) is 5.24. The molecule has 1 aromatic heterocycles. The minimum atomic E-state index is -3.80. The summed E-state index contributed by atoms with van der Waals surface area (Å²) in [5, 5.41) is 13.2. The normalized spacial score (nSPS) is 11.2. The fourth-order valence-electron chi connectivity index (χ4n) is 2.40. The monoisotopic (exact) mass is 424 g/mol. The fraction of sp³-hybridized carbons (Fsp3) is 0. The Morgan fingerprint density at radius 1 is 1.00 bits per heavy atom. The molecule has 30 heavy (non-hydrogen) atoms. The molecule has 0 radical (unpaired) electrons. The van der Waals surface area contributed by atoms with Gasteiger partial charge in [0, 0.05) is 30.1 Å². The van der Waals surface area contributed by atoms with Crippen molar-refractivity contribution < 1.29 is 18.1 Å². The number of nitrogens with one attached hydrogen (secondary N) is 2. The summed E-state index contributed by atoms with van der Waals surface area (Å²) in [7, 11) is -3.80. The molecule has 0 aliphatic carbocycles. The molecule has 0 aliphatic heterocycles. The number of carbonyl (C=O) groups is 1. The van der Waals surface area contributed by atoms with E-state index in [1.54, 1.807) is 12.1 Å². The number of benzene rings is 2. The zero-order chi connectivity index (χ0) is 21.6. The quantitative estimate of drug-likeness (QED) is 0.339. The highest BCUT2D eigenvalue weighted by Crippen LogP contribution is 2.17. The van der Waals surface area contributed by atoms with Crippen LogP contribution in [0, 0.1) is 10.1 Å². The van der Waals surface area contributed by atoms with Gasteiger partial charge < -0.3 is 5.32 Å². The Morgan fingerprint density at radius 2 is 1.70 bits per heavy atom. The summed E-state index contributed by atoms with van der Waals surface area (Å²) in [6.45, 7) is 0. The van der Waals surface area contributed by atoms with E-state index in [4.69, 9.17) is 0 Å². The molecule has 1 heterocycles. The second-order valence-corrected chi connectivity index (χ2v) is 7.70. The predicted octanol–water partition coefficient (Wildman–Crippen LogP) is 3.44. The number of amides is 1. The Kier molecular flexibility index (Phi) is 6.18. The summed E-state index contributed by atoms with van der Waals surface area (Å²) >= 11 is 0. The van der Waals surface area contributed by atoms with E-state index in [9.17, 15) is 23.3 Å². The summed E-state index contributed by atoms with van der Waals surface area (Å²) in [6.07, 6.45) is 4.25. The molecule has 0 atom stereocenters. The number of nitro groups is 1. The molecular formula is C20H16N4O5S. The molecule has 9 nitrogen and oxygen atoms in total. The van der Waals surface area contributed by atoms with Gasteiger partial charge in [-0.3, -0.25) is 19.6 Å². The SMILES string of the molecule is O=C(/C=C/c1ccc([N+](=O)[O-])cc1)Nc1ccc(S(=O)(=O)Nc2ccccn2)cc1. The number of nitro benzene ring substituents is 1. The van der Waals surface area contributed by atoms with Gasteiger partial charge in [-0.05, 0) is 60.2 Å². The second-order valence-electron chi connectivity index (χ2n) is 6.02. The fourth-order valence-corrected chi connectivity index (χ4v) is 3.41. The van der Waals surface area contributed by atoms with Crippen molar-refractivity contribution in [3.05, 3.63) is 94.7 Å². The number of anilines is 2. The van der Waals surface area contributed by atoms with Crippen LogP contribution in [-0.2, 0) is 14.8 Å². The highest BCUT2D eigenvalue weighted by atomic mass is 32.2. The Labute approximate surface area is 172 Å². The van der Waals surface area contributed by atoms with Crippen LogP contribution in [0.15, 0.2) is 83.9 Å². The third-order valence-electron chi connectivity index (χ3n) is 3.87. The summed E-state index contributed by atoms with van der Waals surface area (Å²) in [5.74, 6) is -0.234. The van der Waals surface area contributed by atoms with Crippen LogP contribution in [-0.4, -0.2) is 24.2 Å². The number of rotatable bonds is 7. The van der Waals surface area contributed by atoms with Gasteiger partial charge in [0.05, 0.1) is 9.82 Å². The van der Waals surface area contributed by atoms with Gasteiger partial charge in [-0.25, -0.2) is 13.4 Å². The molecule has 0 saturated carbocycles. The topological polar surface area (TPSA) is 131 Å². The molecule has 0 aliphatic rings. The van der Waals surface area contributed by atoms with Gasteiger partial charge in [-0.2, -0.15) is 0 Å². The summed E-state index contributed by atoms with van der Waals surface area (Å²) in [4.78, 5) is 26.1. The van der Waals surface area contributed by atoms with Gasteiger partial charge >= 0.3 is 0 Å². The number of carbonyl (C=O) groups excluding carboxylic acids is 1. The molecular weight excluding hydrogens is 408 g/mol. The summed E-state index contributed by atoms with van der Waals surface area (Å²) < 4.78 is 27.1. The number of sulfonamides is 1. The van der Waals surface area contributed by atoms with Crippen LogP contribution in [0.3, 0.4) is 0 Å². The number of hydrogen-bond acceptors (Lipinski definition) is 6. The largest absolute Gasteiger partial charge is 0.323 e. The molecule has 2 aromatic carbocycles. The summed E-state index contributed by atoms with van der Waals surface area (Å²) in [6, 6.07) is 16.2. The molecule has 3 aromatic rings. The predicted molar refractivity (Wildman–Crippen MR) is 112 cm³/mol. The number of aromatic nitrogens is 1. The molecule has 0 bridgehead atoms. The molecule has 0 fully saturated rings. The number of hydrogen-bond donors (Lipinski definition) is 2. The van der Waals surface area contributed by atoms with Crippen LogP contribution < -0.4 is 10.0 Å². The minimum absolute atomic E-state index is 0.0209. The van der Waals surface area contributed by atoms with E-state index in [0.717, 1.165) is 0 Å². The Balaban J connectivity index is 1.62. The number of nitrogens with zero attached hydrogens (tertiary/aromatic N) is 2. The van der Waals surface area contributed by atoms with Crippen molar-refractivity contribution >= 4 is 39.2 Å². The molecule has 2 N–H and O–H groups in total. The van der Waals surface area contributed by atoms with Gasteiger partial charge in [-0.1, -0.05) is 6.07 Å². The maximum atomic E-state index is 12.4. The molecule has 152 valence electrons. The van der Waals surface area contributed by atoms with Crippen molar-refractivity contribution in [2.75, 3.05) is 10.0 Å². The van der Waals surface area contributed by atoms with E-state index in [-0.39, 0.29) is 16.4 Å². The minimum Gasteiger partial charge on any atom is -0.323 e. The zero-order valence-corrected chi connectivity index (χ0v) is 16.2. The van der Waals surface area contributed by atoms with E-state index >= 15 is 0 Å². The van der Waals surface area contributed by atoms with Gasteiger partial charge in [0.2, 0.25) is 5.91 Å². The average molecular weight is 424 g/mol. The van der Waals surface area contributed by atoms with Crippen molar-refractivity contribution in [3.63, 3.8) is 0 Å². The first-order valence-corrected chi connectivity index (χ1v) is 10.1. The zero-order valence-electron chi connectivity index (χ0n) is 15.4. The van der Waals surface area contributed by atoms with Crippen LogP contribution in [0.5, 0.6) is 0 Å². The van der Waals surface area contributed by atoms with Crippen LogP contribution in [0.1, 0.15) is 5.56 Å². The van der Waals surface area contributed by atoms with Crippen molar-refractivity contribution in [1.82, 2.24) is 4.98 Å². The van der Waals surface area contributed by atoms with Crippen molar-refractivity contribution in [3.8, 4) is 0 Å². The van der Waals surface area contributed by atoms with Crippen LogP contribution in [0.4, 0.5) is 17.2 Å². The Hall–Kier alpha value is -4.05. The van der Waals surface area contributed by atoms with E-state index in [1.165, 1.54) is 72.9 Å². The third kappa shape index (κ3) is 5.49. The maximum Gasteiger partial charge on any atom is 0.269 e. The maximum absolute atomic E-state index is 12.4. The number of non-ortho nitro benzene ring substituents is 1. The van der Waals surface area contributed by atoms with Crippen LogP contribution >= 0.6 is 0 Å². The lowest BCUT2D eigenvalue weighted by Crippen LogP contribution is -2.14. The van der Waals surface area contributed by atoms with Gasteiger partial charge in [-0.15, -0.1) is 0 Å². The van der Waals surface area contributed by atoms with Crippen molar-refractivity contribution in [1.29, 1.82) is 0 Å². The lowest BCUT2D eigenvalue weighted by molar-refractivity contribution is -0.384. The first kappa shape index (κ1) is 20.7. The lowest BCUT2D eigenvalue weighted by atomic mass is 10.2. The van der Waals surface area contributed by atoms with Gasteiger partial charge in [0.15, 0.2) is 0 Å². The van der Waals surface area contributed by atoms with Gasteiger partial charge in [0.25, 0.3) is 15.7 Å². The second kappa shape index (κ2) is 8.97. The standard InChI is InChI=1S/C20H16N4O5S/c25-20(13-6-15-4-9-17(10-5-15)24(26)27)22-16-7-11-18(12-8-16)30(28,29)23-19-3-1-2-14-21-19/h1-14H,(H,21,23)(H,22,25)/b13-6+.